The molecule has 0 unspecified atom stereocenters. The van der Waals surface area contributed by atoms with Crippen LogP contribution in [0.25, 0.3) is 0 Å². The quantitative estimate of drug-likeness (QED) is 0.423. The van der Waals surface area contributed by atoms with E-state index in [0.717, 1.165) is 19.5 Å². The summed E-state index contributed by atoms with van der Waals surface area (Å²) in [6, 6.07) is 0.205. The van der Waals surface area contributed by atoms with Gasteiger partial charge in [-0.1, -0.05) is 0 Å². The largest absolute Gasteiger partial charge is 0.396 e. The molecule has 3 heteroatoms. The molecule has 0 spiro atoms. The SMILES string of the molecule is N[C@H]1CCNC[C@@H]1CO. The third-order valence-electron chi connectivity index (χ3n) is 1.90. The van der Waals surface area contributed by atoms with E-state index in [-0.39, 0.29) is 18.6 Å². The van der Waals surface area contributed by atoms with Gasteiger partial charge in [-0.3, -0.25) is 0 Å². The fourth-order valence-electron chi connectivity index (χ4n) is 1.14. The van der Waals surface area contributed by atoms with Crippen molar-refractivity contribution < 1.29 is 5.11 Å². The minimum atomic E-state index is 0.205. The summed E-state index contributed by atoms with van der Waals surface area (Å²) in [7, 11) is 0. The Morgan fingerprint density at radius 1 is 1.67 bits per heavy atom. The van der Waals surface area contributed by atoms with Gasteiger partial charge in [0.1, 0.15) is 0 Å². The summed E-state index contributed by atoms with van der Waals surface area (Å²) in [6.07, 6.45) is 0.991. The zero-order valence-electron chi connectivity index (χ0n) is 5.51. The molecule has 3 nitrogen and oxygen atoms in total. The molecule has 0 radical (unpaired) electrons. The van der Waals surface area contributed by atoms with Crippen LogP contribution in [0, 0.1) is 5.92 Å². The first-order chi connectivity index (χ1) is 4.34. The lowest BCUT2D eigenvalue weighted by Crippen LogP contribution is -2.46. The van der Waals surface area contributed by atoms with Crippen molar-refractivity contribution in [3.05, 3.63) is 0 Å². The highest BCUT2D eigenvalue weighted by Crippen LogP contribution is 2.06. The number of nitrogens with two attached hydrogens (primary N) is 1. The zero-order chi connectivity index (χ0) is 6.69. The third kappa shape index (κ3) is 1.64. The number of hydrogen-bond acceptors (Lipinski definition) is 3. The highest BCUT2D eigenvalue weighted by Gasteiger charge is 2.19. The van der Waals surface area contributed by atoms with Gasteiger partial charge in [0.05, 0.1) is 0 Å². The highest BCUT2D eigenvalue weighted by molar-refractivity contribution is 4.79. The third-order valence-corrected chi connectivity index (χ3v) is 1.90. The van der Waals surface area contributed by atoms with Crippen LogP contribution in [0.1, 0.15) is 6.42 Å². The summed E-state index contributed by atoms with van der Waals surface area (Å²) in [5.74, 6) is 0.277. The maximum absolute atomic E-state index is 8.74. The number of piperidine rings is 1. The minimum absolute atomic E-state index is 0.205. The first-order valence-electron chi connectivity index (χ1n) is 3.41. The van der Waals surface area contributed by atoms with Gasteiger partial charge in [0.15, 0.2) is 0 Å². The Morgan fingerprint density at radius 2 is 2.44 bits per heavy atom. The zero-order valence-corrected chi connectivity index (χ0v) is 5.51. The van der Waals surface area contributed by atoms with Gasteiger partial charge in [-0.25, -0.2) is 0 Å². The van der Waals surface area contributed by atoms with E-state index >= 15 is 0 Å². The van der Waals surface area contributed by atoms with E-state index in [2.05, 4.69) is 5.32 Å². The van der Waals surface area contributed by atoms with Crippen molar-refractivity contribution in [3.63, 3.8) is 0 Å². The molecule has 1 heterocycles. The molecular formula is C6H14N2O. The van der Waals surface area contributed by atoms with Crippen LogP contribution >= 0.6 is 0 Å². The summed E-state index contributed by atoms with van der Waals surface area (Å²) in [4.78, 5) is 0. The average molecular weight is 130 g/mol. The second kappa shape index (κ2) is 3.15. The molecular weight excluding hydrogens is 116 g/mol. The Hall–Kier alpha value is -0.120. The summed E-state index contributed by atoms with van der Waals surface area (Å²) < 4.78 is 0. The number of nitrogens with one attached hydrogen (secondary N) is 1. The van der Waals surface area contributed by atoms with E-state index < -0.39 is 0 Å². The molecule has 9 heavy (non-hydrogen) atoms. The molecule has 0 aromatic rings. The fraction of sp³-hybridized carbons (Fsp3) is 1.00. The van der Waals surface area contributed by atoms with Gasteiger partial charge in [0.25, 0.3) is 0 Å². The van der Waals surface area contributed by atoms with Crippen LogP contribution in [0.3, 0.4) is 0 Å². The van der Waals surface area contributed by atoms with Gasteiger partial charge in [-0.05, 0) is 13.0 Å². The molecule has 1 fully saturated rings. The Balaban J connectivity index is 2.30. The van der Waals surface area contributed by atoms with Crippen LogP contribution in [0.4, 0.5) is 0 Å². The molecule has 2 atom stereocenters. The Kier molecular flexibility index (Phi) is 2.45. The van der Waals surface area contributed by atoms with Gasteiger partial charge in [-0.15, -0.1) is 0 Å². The molecule has 0 aromatic carbocycles. The second-order valence-corrected chi connectivity index (χ2v) is 2.60. The molecule has 4 N–H and O–H groups in total. The van der Waals surface area contributed by atoms with Crippen molar-refractivity contribution in [1.29, 1.82) is 0 Å². The summed E-state index contributed by atoms with van der Waals surface area (Å²) in [5, 5.41) is 11.9. The van der Waals surface area contributed by atoms with Crippen LogP contribution in [0.5, 0.6) is 0 Å². The highest BCUT2D eigenvalue weighted by atomic mass is 16.3. The van der Waals surface area contributed by atoms with Gasteiger partial charge in [0.2, 0.25) is 0 Å². The monoisotopic (exact) mass is 130 g/mol. The molecule has 0 aliphatic carbocycles. The van der Waals surface area contributed by atoms with Gasteiger partial charge >= 0.3 is 0 Å². The maximum atomic E-state index is 8.74. The predicted octanol–water partition coefficient (Wildman–Crippen LogP) is -1.08. The topological polar surface area (TPSA) is 58.3 Å². The van der Waals surface area contributed by atoms with Crippen molar-refractivity contribution in [3.8, 4) is 0 Å². The second-order valence-electron chi connectivity index (χ2n) is 2.60. The molecule has 1 rings (SSSR count). The van der Waals surface area contributed by atoms with Gasteiger partial charge < -0.3 is 16.2 Å². The van der Waals surface area contributed by atoms with Crippen molar-refractivity contribution in [2.24, 2.45) is 11.7 Å². The van der Waals surface area contributed by atoms with Crippen LogP contribution < -0.4 is 11.1 Å². The molecule has 1 aliphatic rings. The standard InChI is InChI=1S/C6H14N2O/c7-6-1-2-8-3-5(6)4-9/h5-6,8-9H,1-4,7H2/t5-,6+/m1/s1. The Bertz CT molecular complexity index is 87.1. The molecule has 54 valence electrons. The summed E-state index contributed by atoms with van der Waals surface area (Å²) in [6.45, 7) is 2.09. The number of hydrogen-bond donors (Lipinski definition) is 3. The lowest BCUT2D eigenvalue weighted by molar-refractivity contribution is 0.181. The fourth-order valence-corrected chi connectivity index (χ4v) is 1.14. The normalized spacial score (nSPS) is 36.7. The summed E-state index contributed by atoms with van der Waals surface area (Å²) >= 11 is 0. The molecule has 0 aromatic heterocycles. The number of aliphatic hydroxyl groups is 1. The molecule has 0 amide bonds. The lowest BCUT2D eigenvalue weighted by Gasteiger charge is -2.27. The van der Waals surface area contributed by atoms with E-state index in [0.29, 0.717) is 0 Å². The van der Waals surface area contributed by atoms with Crippen molar-refractivity contribution in [2.75, 3.05) is 19.7 Å². The van der Waals surface area contributed by atoms with E-state index in [1.807, 2.05) is 0 Å². The van der Waals surface area contributed by atoms with Crippen LogP contribution in [-0.2, 0) is 0 Å². The van der Waals surface area contributed by atoms with Crippen molar-refractivity contribution >= 4 is 0 Å². The van der Waals surface area contributed by atoms with Crippen molar-refractivity contribution in [2.45, 2.75) is 12.5 Å². The van der Waals surface area contributed by atoms with Gasteiger partial charge in [-0.2, -0.15) is 0 Å². The molecule has 1 saturated heterocycles. The van der Waals surface area contributed by atoms with Crippen molar-refractivity contribution in [1.82, 2.24) is 5.32 Å². The Labute approximate surface area is 55.2 Å². The van der Waals surface area contributed by atoms with Crippen LogP contribution in [0.2, 0.25) is 0 Å². The van der Waals surface area contributed by atoms with Crippen LogP contribution in [-0.4, -0.2) is 30.8 Å². The maximum Gasteiger partial charge on any atom is 0.0486 e. The van der Waals surface area contributed by atoms with E-state index in [1.54, 1.807) is 0 Å². The minimum Gasteiger partial charge on any atom is -0.396 e. The number of rotatable bonds is 1. The number of aliphatic hydroxyl groups excluding tert-OH is 1. The van der Waals surface area contributed by atoms with Gasteiger partial charge in [0, 0.05) is 25.1 Å². The van der Waals surface area contributed by atoms with Crippen LogP contribution in [0.15, 0.2) is 0 Å². The first-order valence-corrected chi connectivity index (χ1v) is 3.41. The molecule has 0 bridgehead atoms. The Morgan fingerprint density at radius 3 is 2.89 bits per heavy atom. The molecule has 1 aliphatic heterocycles. The predicted molar refractivity (Wildman–Crippen MR) is 36.0 cm³/mol. The van der Waals surface area contributed by atoms with E-state index in [1.165, 1.54) is 0 Å². The summed E-state index contributed by atoms with van der Waals surface area (Å²) in [5.41, 5.74) is 5.69. The molecule has 0 saturated carbocycles. The van der Waals surface area contributed by atoms with E-state index in [9.17, 15) is 0 Å². The first kappa shape index (κ1) is 6.99. The van der Waals surface area contributed by atoms with E-state index in [4.69, 9.17) is 10.8 Å². The smallest absolute Gasteiger partial charge is 0.0486 e. The average Bonchev–Trinajstić information content (AvgIpc) is 1.89. The lowest BCUT2D eigenvalue weighted by atomic mass is 9.95.